The Hall–Kier alpha value is -2.69. The topological polar surface area (TPSA) is 144 Å². The highest BCUT2D eigenvalue weighted by atomic mass is 16.7. The highest BCUT2D eigenvalue weighted by Gasteiger charge is 2.53. The summed E-state index contributed by atoms with van der Waals surface area (Å²) in [6.45, 7) is 7.38. The van der Waals surface area contributed by atoms with Gasteiger partial charge in [-0.15, -0.1) is 0 Å². The van der Waals surface area contributed by atoms with E-state index in [1.807, 2.05) is 0 Å². The Labute approximate surface area is 232 Å². The van der Waals surface area contributed by atoms with Crippen LogP contribution in [0, 0.1) is 0 Å². The van der Waals surface area contributed by atoms with Crippen LogP contribution in [0.1, 0.15) is 112 Å². The number of carbonyl (C=O) groups is 5. The maximum absolute atomic E-state index is 12.6. The van der Waals surface area contributed by atoms with Crippen LogP contribution in [0.15, 0.2) is 0 Å². The van der Waals surface area contributed by atoms with Gasteiger partial charge < -0.3 is 29.0 Å². The molecule has 1 saturated heterocycles. The van der Waals surface area contributed by atoms with Crippen LogP contribution in [0.25, 0.3) is 0 Å². The van der Waals surface area contributed by atoms with Gasteiger partial charge >= 0.3 is 23.9 Å². The second kappa shape index (κ2) is 19.4. The fourth-order valence-electron chi connectivity index (χ4n) is 4.39. The SMILES string of the molecule is CCCCCCCC(=O)N[C@@H]1O[C@@H]([C@@H](COC(=O)CCCCCCC)OC(C)=O)[C@H](OC(C)=O)[C@@H]1OC(C)=O. The van der Waals surface area contributed by atoms with Crippen molar-refractivity contribution in [2.24, 2.45) is 0 Å². The lowest BCUT2D eigenvalue weighted by molar-refractivity contribution is -0.177. The van der Waals surface area contributed by atoms with Crippen molar-refractivity contribution in [2.75, 3.05) is 6.61 Å². The van der Waals surface area contributed by atoms with Crippen molar-refractivity contribution in [3.63, 3.8) is 0 Å². The number of esters is 4. The standard InChI is InChI=1S/C28H47NO10/c1-6-8-10-12-14-16-23(33)29-28-27(38-21(5)32)26(37-20(4)31)25(39-28)22(36-19(3)30)18-35-24(34)17-15-13-11-9-7-2/h22,25-28H,6-18H2,1-5H3,(H,29,33)/t22-,25+,26+,27+,28-/m1/s1. The van der Waals surface area contributed by atoms with Crippen molar-refractivity contribution in [1.29, 1.82) is 0 Å². The lowest BCUT2D eigenvalue weighted by Gasteiger charge is -2.27. The molecule has 5 atom stereocenters. The van der Waals surface area contributed by atoms with Gasteiger partial charge in [-0.3, -0.25) is 24.0 Å². The first kappa shape index (κ1) is 34.3. The summed E-state index contributed by atoms with van der Waals surface area (Å²) in [5, 5.41) is 2.70. The zero-order valence-electron chi connectivity index (χ0n) is 24.2. The molecule has 0 spiro atoms. The third-order valence-corrected chi connectivity index (χ3v) is 6.24. The van der Waals surface area contributed by atoms with E-state index in [9.17, 15) is 24.0 Å². The van der Waals surface area contributed by atoms with E-state index in [2.05, 4.69) is 19.2 Å². The van der Waals surface area contributed by atoms with Crippen LogP contribution in [0.5, 0.6) is 0 Å². The highest BCUT2D eigenvalue weighted by Crippen LogP contribution is 2.30. The molecule has 1 aliphatic heterocycles. The maximum atomic E-state index is 12.6. The maximum Gasteiger partial charge on any atom is 0.305 e. The molecule has 0 aromatic rings. The van der Waals surface area contributed by atoms with Crippen molar-refractivity contribution in [2.45, 2.75) is 142 Å². The van der Waals surface area contributed by atoms with Gasteiger partial charge in [-0.1, -0.05) is 65.2 Å². The van der Waals surface area contributed by atoms with Crippen LogP contribution in [0.3, 0.4) is 0 Å². The van der Waals surface area contributed by atoms with Crippen LogP contribution in [-0.4, -0.2) is 67.0 Å². The Kier molecular flexibility index (Phi) is 17.1. The number of carbonyl (C=O) groups excluding carboxylic acids is 5. The number of ether oxygens (including phenoxy) is 5. The van der Waals surface area contributed by atoms with Crippen molar-refractivity contribution in [3.05, 3.63) is 0 Å². The van der Waals surface area contributed by atoms with Gasteiger partial charge in [0.2, 0.25) is 5.91 Å². The summed E-state index contributed by atoms with van der Waals surface area (Å²) in [6, 6.07) is 0. The molecule has 0 unspecified atom stereocenters. The van der Waals surface area contributed by atoms with Crippen LogP contribution in [-0.2, 0) is 47.7 Å². The van der Waals surface area contributed by atoms with E-state index in [1.165, 1.54) is 20.8 Å². The number of hydrogen-bond donors (Lipinski definition) is 1. The zero-order chi connectivity index (χ0) is 29.2. The molecule has 0 aromatic carbocycles. The quantitative estimate of drug-likeness (QED) is 0.141. The normalized spacial score (nSPS) is 21.1. The summed E-state index contributed by atoms with van der Waals surface area (Å²) < 4.78 is 27.5. The van der Waals surface area contributed by atoms with E-state index in [1.54, 1.807) is 0 Å². The second-order valence-corrected chi connectivity index (χ2v) is 9.90. The third-order valence-electron chi connectivity index (χ3n) is 6.24. The minimum atomic E-state index is -1.22. The Balaban J connectivity index is 2.98. The smallest absolute Gasteiger partial charge is 0.305 e. The largest absolute Gasteiger partial charge is 0.462 e. The lowest BCUT2D eigenvalue weighted by Crippen LogP contribution is -2.48. The average molecular weight is 558 g/mol. The molecule has 1 amide bonds. The van der Waals surface area contributed by atoms with E-state index in [4.69, 9.17) is 23.7 Å². The van der Waals surface area contributed by atoms with Crippen LogP contribution < -0.4 is 5.32 Å². The second-order valence-electron chi connectivity index (χ2n) is 9.90. The van der Waals surface area contributed by atoms with Gasteiger partial charge in [-0.05, 0) is 12.8 Å². The minimum absolute atomic E-state index is 0.211. The van der Waals surface area contributed by atoms with Crippen molar-refractivity contribution in [1.82, 2.24) is 5.32 Å². The first-order chi connectivity index (χ1) is 18.6. The molecule has 1 rings (SSSR count). The zero-order valence-corrected chi connectivity index (χ0v) is 24.2. The Morgan fingerprint density at radius 1 is 0.718 bits per heavy atom. The Morgan fingerprint density at radius 3 is 1.79 bits per heavy atom. The van der Waals surface area contributed by atoms with Crippen molar-refractivity contribution >= 4 is 29.8 Å². The number of rotatable bonds is 19. The van der Waals surface area contributed by atoms with Crippen molar-refractivity contribution in [3.8, 4) is 0 Å². The van der Waals surface area contributed by atoms with Crippen LogP contribution >= 0.6 is 0 Å². The van der Waals surface area contributed by atoms with Gasteiger partial charge in [0.1, 0.15) is 12.7 Å². The fourth-order valence-corrected chi connectivity index (χ4v) is 4.39. The van der Waals surface area contributed by atoms with Gasteiger partial charge in [-0.25, -0.2) is 0 Å². The first-order valence-electron chi connectivity index (χ1n) is 14.2. The molecule has 0 bridgehead atoms. The Bertz CT molecular complexity index is 786. The highest BCUT2D eigenvalue weighted by molar-refractivity contribution is 5.76. The molecule has 39 heavy (non-hydrogen) atoms. The van der Waals surface area contributed by atoms with Gasteiger partial charge in [0.05, 0.1) is 0 Å². The van der Waals surface area contributed by atoms with Gasteiger partial charge in [0, 0.05) is 33.6 Å². The summed E-state index contributed by atoms with van der Waals surface area (Å²) in [5.41, 5.74) is 0. The van der Waals surface area contributed by atoms with Gasteiger partial charge in [0.15, 0.2) is 24.5 Å². The number of nitrogens with one attached hydrogen (secondary N) is 1. The molecule has 0 saturated carbocycles. The molecule has 11 heteroatoms. The third kappa shape index (κ3) is 14.3. The summed E-state index contributed by atoms with van der Waals surface area (Å²) in [4.78, 5) is 60.7. The molecule has 1 aliphatic rings. The fraction of sp³-hybridized carbons (Fsp3) is 0.821. The van der Waals surface area contributed by atoms with E-state index < -0.39 is 54.5 Å². The molecular weight excluding hydrogens is 510 g/mol. The van der Waals surface area contributed by atoms with Crippen LogP contribution in [0.2, 0.25) is 0 Å². The number of unbranched alkanes of at least 4 members (excludes halogenated alkanes) is 8. The van der Waals surface area contributed by atoms with E-state index in [0.717, 1.165) is 51.4 Å². The van der Waals surface area contributed by atoms with Gasteiger partial charge in [-0.2, -0.15) is 0 Å². The molecule has 0 radical (unpaired) electrons. The first-order valence-corrected chi connectivity index (χ1v) is 14.2. The molecule has 1 fully saturated rings. The summed E-state index contributed by atoms with van der Waals surface area (Å²) in [6.07, 6.45) is 4.09. The lowest BCUT2D eigenvalue weighted by atomic mass is 10.0. The summed E-state index contributed by atoms with van der Waals surface area (Å²) in [5.74, 6) is -2.84. The van der Waals surface area contributed by atoms with Crippen molar-refractivity contribution < 1.29 is 47.7 Å². The summed E-state index contributed by atoms with van der Waals surface area (Å²) >= 11 is 0. The average Bonchev–Trinajstić information content (AvgIpc) is 3.16. The molecule has 0 aliphatic carbocycles. The number of amides is 1. The monoisotopic (exact) mass is 557 g/mol. The molecular formula is C28H47NO10. The van der Waals surface area contributed by atoms with Crippen LogP contribution in [0.4, 0.5) is 0 Å². The molecule has 224 valence electrons. The predicted molar refractivity (Wildman–Crippen MR) is 141 cm³/mol. The minimum Gasteiger partial charge on any atom is -0.462 e. The number of hydrogen-bond acceptors (Lipinski definition) is 10. The molecule has 11 nitrogen and oxygen atoms in total. The van der Waals surface area contributed by atoms with E-state index in [-0.39, 0.29) is 25.4 Å². The predicted octanol–water partition coefficient (Wildman–Crippen LogP) is 3.89. The molecule has 1 heterocycles. The molecule has 0 aromatic heterocycles. The van der Waals surface area contributed by atoms with Gasteiger partial charge in [0.25, 0.3) is 0 Å². The Morgan fingerprint density at radius 2 is 1.26 bits per heavy atom. The molecule has 1 N–H and O–H groups in total. The summed E-state index contributed by atoms with van der Waals surface area (Å²) in [7, 11) is 0. The van der Waals surface area contributed by atoms with E-state index >= 15 is 0 Å². The van der Waals surface area contributed by atoms with E-state index in [0.29, 0.717) is 12.8 Å².